The van der Waals surface area contributed by atoms with Crippen LogP contribution >= 0.6 is 0 Å². The molecule has 0 aromatic heterocycles. The lowest BCUT2D eigenvalue weighted by Gasteiger charge is -2.32. The third-order valence-corrected chi connectivity index (χ3v) is 5.62. The van der Waals surface area contributed by atoms with Gasteiger partial charge in [-0.3, -0.25) is 29.1 Å². The number of nitrogens with zero attached hydrogens (tertiary/aromatic N) is 3. The second-order valence-electron chi connectivity index (χ2n) is 7.82. The molecular weight excluding hydrogens is 460 g/mol. The molecule has 0 bridgehead atoms. The number of fused-ring (bicyclic) bond motifs is 1. The quantitative estimate of drug-likeness (QED) is 0.542. The molecule has 0 radical (unpaired) electrons. The third kappa shape index (κ3) is 4.06. The summed E-state index contributed by atoms with van der Waals surface area (Å²) in [6.07, 6.45) is -6.01. The fourth-order valence-corrected chi connectivity index (χ4v) is 4.01. The Morgan fingerprint density at radius 3 is 2.35 bits per heavy atom. The van der Waals surface area contributed by atoms with Gasteiger partial charge in [0.25, 0.3) is 5.91 Å². The highest BCUT2D eigenvalue weighted by molar-refractivity contribution is 6.16. The topological polar surface area (TPSA) is 90.0 Å². The van der Waals surface area contributed by atoms with E-state index in [1.165, 1.54) is 43.3 Å². The van der Waals surface area contributed by atoms with E-state index in [-0.39, 0.29) is 17.1 Å². The van der Waals surface area contributed by atoms with E-state index < -0.39 is 60.8 Å². The highest BCUT2D eigenvalue weighted by atomic mass is 19.4. The zero-order valence-electron chi connectivity index (χ0n) is 17.7. The lowest BCUT2D eigenvalue weighted by molar-refractivity contribution is -0.158. The third-order valence-electron chi connectivity index (χ3n) is 5.62. The predicted molar refractivity (Wildman–Crippen MR) is 112 cm³/mol. The molecule has 178 valence electrons. The minimum absolute atomic E-state index is 0.00650. The first-order valence-corrected chi connectivity index (χ1v) is 10.2. The fourth-order valence-electron chi connectivity index (χ4n) is 4.01. The first-order valence-electron chi connectivity index (χ1n) is 10.2. The van der Waals surface area contributed by atoms with Crippen LogP contribution in [-0.2, 0) is 14.4 Å². The predicted octanol–water partition coefficient (Wildman–Crippen LogP) is 3.29. The molecule has 1 N–H and O–H groups in total. The molecule has 0 aliphatic carbocycles. The summed E-state index contributed by atoms with van der Waals surface area (Å²) in [7, 11) is 0. The van der Waals surface area contributed by atoms with Crippen LogP contribution in [0.25, 0.3) is 0 Å². The van der Waals surface area contributed by atoms with Gasteiger partial charge in [-0.2, -0.15) is 13.2 Å². The van der Waals surface area contributed by atoms with Gasteiger partial charge in [-0.25, -0.2) is 9.18 Å². The van der Waals surface area contributed by atoms with Crippen molar-refractivity contribution in [2.75, 3.05) is 21.7 Å². The van der Waals surface area contributed by atoms with E-state index in [1.54, 1.807) is 0 Å². The molecule has 1 saturated heterocycles. The number of nitrogens with one attached hydrogen (secondary N) is 1. The standard InChI is InChI=1S/C22H18F4N4O4/c1-12-20(33)28(21(34)29(12)14-8-6-13(23)7-9-14)11-19(32)30-16-5-3-2-4-15(16)27-18(31)10-17(30)22(24,25)26/h2-9,12,17H,10-11H2,1H3,(H,27,31). The molecule has 2 aliphatic heterocycles. The molecule has 2 heterocycles. The Morgan fingerprint density at radius 1 is 1.06 bits per heavy atom. The Bertz CT molecular complexity index is 1170. The zero-order chi connectivity index (χ0) is 24.8. The molecule has 0 saturated carbocycles. The summed E-state index contributed by atoms with van der Waals surface area (Å²) < 4.78 is 54.9. The van der Waals surface area contributed by atoms with Crippen molar-refractivity contribution in [2.45, 2.75) is 31.6 Å². The minimum Gasteiger partial charge on any atom is -0.324 e. The number of anilines is 3. The number of urea groups is 1. The maximum atomic E-state index is 13.9. The molecule has 8 nitrogen and oxygen atoms in total. The van der Waals surface area contributed by atoms with Crippen LogP contribution in [0.5, 0.6) is 0 Å². The Kier molecular flexibility index (Phi) is 5.75. The summed E-state index contributed by atoms with van der Waals surface area (Å²) in [6.45, 7) is 0.408. The molecule has 2 aromatic rings. The van der Waals surface area contributed by atoms with E-state index in [2.05, 4.69) is 5.32 Å². The lowest BCUT2D eigenvalue weighted by Crippen LogP contribution is -2.53. The average Bonchev–Trinajstić information content (AvgIpc) is 2.90. The van der Waals surface area contributed by atoms with Gasteiger partial charge < -0.3 is 5.32 Å². The largest absolute Gasteiger partial charge is 0.409 e. The number of carbonyl (C=O) groups is 4. The van der Waals surface area contributed by atoms with Gasteiger partial charge in [0.2, 0.25) is 11.8 Å². The number of hydrogen-bond acceptors (Lipinski definition) is 4. The molecule has 4 rings (SSSR count). The van der Waals surface area contributed by atoms with Gasteiger partial charge in [0.05, 0.1) is 17.8 Å². The van der Waals surface area contributed by atoms with Crippen molar-refractivity contribution in [1.29, 1.82) is 0 Å². The van der Waals surface area contributed by atoms with Gasteiger partial charge in [0, 0.05) is 5.69 Å². The molecule has 2 aliphatic rings. The van der Waals surface area contributed by atoms with Crippen molar-refractivity contribution in [2.24, 2.45) is 0 Å². The van der Waals surface area contributed by atoms with Crippen molar-refractivity contribution < 1.29 is 36.7 Å². The number of rotatable bonds is 3. The number of imide groups is 1. The zero-order valence-corrected chi connectivity index (χ0v) is 17.7. The number of halogens is 4. The van der Waals surface area contributed by atoms with Crippen molar-refractivity contribution in [3.05, 3.63) is 54.3 Å². The maximum absolute atomic E-state index is 13.9. The van der Waals surface area contributed by atoms with E-state index in [0.717, 1.165) is 17.0 Å². The molecule has 1 fully saturated rings. The van der Waals surface area contributed by atoms with Crippen molar-refractivity contribution in [3.63, 3.8) is 0 Å². The number of alkyl halides is 3. The summed E-state index contributed by atoms with van der Waals surface area (Å²) in [6, 6.07) is 5.66. The Labute approximate surface area is 190 Å². The van der Waals surface area contributed by atoms with Crippen LogP contribution in [0.4, 0.5) is 39.4 Å². The molecule has 5 amide bonds. The summed E-state index contributed by atoms with van der Waals surface area (Å²) in [4.78, 5) is 53.0. The normalized spacial score (nSPS) is 20.9. The Hall–Kier alpha value is -3.96. The lowest BCUT2D eigenvalue weighted by atomic mass is 10.1. The van der Waals surface area contributed by atoms with E-state index in [9.17, 15) is 36.7 Å². The average molecular weight is 478 g/mol. The second kappa shape index (κ2) is 8.43. The number of hydrogen-bond donors (Lipinski definition) is 1. The highest BCUT2D eigenvalue weighted by Crippen LogP contribution is 2.38. The molecule has 2 atom stereocenters. The van der Waals surface area contributed by atoms with E-state index in [0.29, 0.717) is 9.80 Å². The molecule has 2 unspecified atom stereocenters. The molecular formula is C22H18F4N4O4. The summed E-state index contributed by atoms with van der Waals surface area (Å²) in [5.74, 6) is -3.50. The van der Waals surface area contributed by atoms with Crippen LogP contribution in [0, 0.1) is 5.82 Å². The summed E-state index contributed by atoms with van der Waals surface area (Å²) >= 11 is 0. The van der Waals surface area contributed by atoms with E-state index >= 15 is 0 Å². The maximum Gasteiger partial charge on any atom is 0.409 e. The monoisotopic (exact) mass is 478 g/mol. The van der Waals surface area contributed by atoms with Crippen LogP contribution in [0.2, 0.25) is 0 Å². The van der Waals surface area contributed by atoms with Crippen LogP contribution in [0.1, 0.15) is 13.3 Å². The number of para-hydroxylation sites is 2. The minimum atomic E-state index is -4.96. The Balaban J connectivity index is 1.67. The first-order chi connectivity index (χ1) is 16.0. The molecule has 12 heteroatoms. The second-order valence-corrected chi connectivity index (χ2v) is 7.82. The van der Waals surface area contributed by atoms with Crippen molar-refractivity contribution >= 4 is 40.8 Å². The number of benzene rings is 2. The van der Waals surface area contributed by atoms with Crippen LogP contribution < -0.4 is 15.1 Å². The van der Waals surface area contributed by atoms with Gasteiger partial charge >= 0.3 is 12.2 Å². The van der Waals surface area contributed by atoms with Gasteiger partial charge in [0.15, 0.2) is 0 Å². The summed E-state index contributed by atoms with van der Waals surface area (Å²) in [5.41, 5.74) is -0.0264. The van der Waals surface area contributed by atoms with E-state index in [4.69, 9.17) is 0 Å². The molecule has 34 heavy (non-hydrogen) atoms. The summed E-state index contributed by atoms with van der Waals surface area (Å²) in [5, 5.41) is 2.34. The fraction of sp³-hybridized carbons (Fsp3) is 0.273. The van der Waals surface area contributed by atoms with Gasteiger partial charge in [-0.1, -0.05) is 12.1 Å². The smallest absolute Gasteiger partial charge is 0.324 e. The van der Waals surface area contributed by atoms with Crippen molar-refractivity contribution in [3.8, 4) is 0 Å². The SMILES string of the molecule is CC1C(=O)N(CC(=O)N2c3ccccc3NC(=O)CC2C(F)(F)F)C(=O)N1c1ccc(F)cc1. The van der Waals surface area contributed by atoms with E-state index in [1.807, 2.05) is 0 Å². The molecule has 0 spiro atoms. The Morgan fingerprint density at radius 2 is 1.71 bits per heavy atom. The highest BCUT2D eigenvalue weighted by Gasteiger charge is 2.51. The van der Waals surface area contributed by atoms with Gasteiger partial charge in [-0.15, -0.1) is 0 Å². The number of amides is 5. The van der Waals surface area contributed by atoms with Gasteiger partial charge in [-0.05, 0) is 43.3 Å². The van der Waals surface area contributed by atoms with Crippen molar-refractivity contribution in [1.82, 2.24) is 4.90 Å². The van der Waals surface area contributed by atoms with Gasteiger partial charge in [0.1, 0.15) is 24.4 Å². The van der Waals surface area contributed by atoms with Crippen LogP contribution in [0.3, 0.4) is 0 Å². The number of carbonyl (C=O) groups excluding carboxylic acids is 4. The van der Waals surface area contributed by atoms with Crippen LogP contribution in [-0.4, -0.2) is 53.5 Å². The first kappa shape index (κ1) is 23.2. The molecule has 2 aromatic carbocycles. The van der Waals surface area contributed by atoms with Crippen LogP contribution in [0.15, 0.2) is 48.5 Å².